The number of rotatable bonds is 5. The molecule has 2 rings (SSSR count). The van der Waals surface area contributed by atoms with Crippen LogP contribution in [0.15, 0.2) is 24.8 Å². The van der Waals surface area contributed by atoms with E-state index in [0.29, 0.717) is 17.9 Å². The highest BCUT2D eigenvalue weighted by molar-refractivity contribution is 6.12. The molecule has 0 aliphatic heterocycles. The van der Waals surface area contributed by atoms with Gasteiger partial charge in [-0.05, 0) is 6.92 Å². The molecule has 0 aromatic carbocycles. The van der Waals surface area contributed by atoms with Crippen LogP contribution in [0.5, 0.6) is 0 Å². The monoisotopic (exact) mass is 246 g/mol. The first-order chi connectivity index (χ1) is 8.61. The highest BCUT2D eigenvalue weighted by atomic mass is 16.1. The van der Waals surface area contributed by atoms with Crippen LogP contribution < -0.4 is 0 Å². The van der Waals surface area contributed by atoms with Crippen molar-refractivity contribution in [2.45, 2.75) is 19.9 Å². The van der Waals surface area contributed by atoms with Crippen molar-refractivity contribution in [3.05, 3.63) is 36.2 Å². The third kappa shape index (κ3) is 2.37. The second kappa shape index (κ2) is 4.95. The second-order valence-electron chi connectivity index (χ2n) is 3.97. The predicted octanol–water partition coefficient (Wildman–Crippen LogP) is 1.09. The lowest BCUT2D eigenvalue weighted by Gasteiger charge is -1.99. The molecule has 0 aliphatic carbocycles. The van der Waals surface area contributed by atoms with Crippen molar-refractivity contribution >= 4 is 11.6 Å². The average molecular weight is 246 g/mol. The summed E-state index contributed by atoms with van der Waals surface area (Å²) in [7, 11) is 1.72. The largest absolute Gasteiger partial charge is 0.332 e. The number of carbonyl (C=O) groups excluding carboxylic acids is 2. The number of hydrogen-bond acceptors (Lipinski definition) is 4. The summed E-state index contributed by atoms with van der Waals surface area (Å²) in [5, 5.41) is 4.01. The van der Waals surface area contributed by atoms with Crippen molar-refractivity contribution < 1.29 is 9.59 Å². The molecule has 0 unspecified atom stereocenters. The van der Waals surface area contributed by atoms with Crippen LogP contribution in [0.1, 0.15) is 34.3 Å². The molecule has 2 aromatic rings. The maximum Gasteiger partial charge on any atom is 0.205 e. The van der Waals surface area contributed by atoms with Crippen LogP contribution in [-0.2, 0) is 13.6 Å². The van der Waals surface area contributed by atoms with Crippen LogP contribution in [-0.4, -0.2) is 30.9 Å². The fourth-order valence-corrected chi connectivity index (χ4v) is 1.64. The van der Waals surface area contributed by atoms with Crippen LogP contribution >= 0.6 is 0 Å². The van der Waals surface area contributed by atoms with E-state index >= 15 is 0 Å². The Morgan fingerprint density at radius 2 is 2.11 bits per heavy atom. The number of aryl methyl sites for hydroxylation is 2. The topological polar surface area (TPSA) is 69.8 Å². The van der Waals surface area contributed by atoms with Gasteiger partial charge in [-0.25, -0.2) is 4.98 Å². The summed E-state index contributed by atoms with van der Waals surface area (Å²) in [5.41, 5.74) is 0.458. The van der Waals surface area contributed by atoms with Gasteiger partial charge in [0.2, 0.25) is 5.78 Å². The second-order valence-corrected chi connectivity index (χ2v) is 3.97. The predicted molar refractivity (Wildman–Crippen MR) is 64.4 cm³/mol. The molecule has 6 nitrogen and oxygen atoms in total. The number of hydrogen-bond donors (Lipinski definition) is 0. The van der Waals surface area contributed by atoms with Crippen molar-refractivity contribution in [3.8, 4) is 0 Å². The van der Waals surface area contributed by atoms with Crippen LogP contribution in [0, 0.1) is 0 Å². The molecule has 0 fully saturated rings. The minimum Gasteiger partial charge on any atom is -0.332 e. The standard InChI is InChI=1S/C12H14N4O2/c1-3-16-8-9(7-14-16)10(17)6-11(18)12-13-4-5-15(12)2/h4-5,7-8H,3,6H2,1-2H3. The number of aromatic nitrogens is 4. The van der Waals surface area contributed by atoms with Crippen LogP contribution in [0.25, 0.3) is 0 Å². The van der Waals surface area contributed by atoms with Crippen molar-refractivity contribution in [1.29, 1.82) is 0 Å². The minimum atomic E-state index is -0.281. The molecule has 0 amide bonds. The highest BCUT2D eigenvalue weighted by Gasteiger charge is 2.17. The summed E-state index contributed by atoms with van der Waals surface area (Å²) in [4.78, 5) is 27.7. The maximum atomic E-state index is 11.9. The molecule has 2 aromatic heterocycles. The molecule has 2 heterocycles. The van der Waals surface area contributed by atoms with E-state index in [1.54, 1.807) is 28.7 Å². The molecular weight excluding hydrogens is 232 g/mol. The number of nitrogens with zero attached hydrogens (tertiary/aromatic N) is 4. The quantitative estimate of drug-likeness (QED) is 0.585. The van der Waals surface area contributed by atoms with Crippen LogP contribution in [0.2, 0.25) is 0 Å². The normalized spacial score (nSPS) is 10.6. The fraction of sp³-hybridized carbons (Fsp3) is 0.333. The van der Waals surface area contributed by atoms with Gasteiger partial charge in [0.15, 0.2) is 11.6 Å². The maximum absolute atomic E-state index is 11.9. The zero-order valence-corrected chi connectivity index (χ0v) is 10.3. The van der Waals surface area contributed by atoms with E-state index in [0.717, 1.165) is 0 Å². The molecule has 0 saturated carbocycles. The Labute approximate surface area is 104 Å². The van der Waals surface area contributed by atoms with E-state index in [9.17, 15) is 9.59 Å². The number of ketones is 2. The Hall–Kier alpha value is -2.24. The third-order valence-electron chi connectivity index (χ3n) is 2.67. The van der Waals surface area contributed by atoms with Crippen molar-refractivity contribution in [1.82, 2.24) is 19.3 Å². The average Bonchev–Trinajstić information content (AvgIpc) is 2.96. The van der Waals surface area contributed by atoms with Gasteiger partial charge in [-0.15, -0.1) is 0 Å². The van der Waals surface area contributed by atoms with Crippen molar-refractivity contribution in [3.63, 3.8) is 0 Å². The van der Waals surface area contributed by atoms with Crippen molar-refractivity contribution in [2.24, 2.45) is 7.05 Å². The van der Waals surface area contributed by atoms with Gasteiger partial charge in [-0.1, -0.05) is 0 Å². The number of carbonyl (C=O) groups is 2. The summed E-state index contributed by atoms with van der Waals surface area (Å²) in [6.45, 7) is 2.63. The first kappa shape index (κ1) is 12.2. The van der Waals surface area contributed by atoms with Gasteiger partial charge in [0.1, 0.15) is 0 Å². The van der Waals surface area contributed by atoms with Gasteiger partial charge in [0, 0.05) is 32.2 Å². The number of imidazole rings is 1. The molecular formula is C12H14N4O2. The summed E-state index contributed by atoms with van der Waals surface area (Å²) in [6.07, 6.45) is 6.16. The van der Waals surface area contributed by atoms with E-state index in [4.69, 9.17) is 0 Å². The molecule has 0 saturated heterocycles. The van der Waals surface area contributed by atoms with Gasteiger partial charge >= 0.3 is 0 Å². The Morgan fingerprint density at radius 1 is 1.33 bits per heavy atom. The molecule has 6 heteroatoms. The summed E-state index contributed by atoms with van der Waals surface area (Å²) >= 11 is 0. The molecule has 0 atom stereocenters. The summed E-state index contributed by atoms with van der Waals surface area (Å²) in [5.74, 6) is -0.217. The summed E-state index contributed by atoms with van der Waals surface area (Å²) < 4.78 is 3.25. The van der Waals surface area contributed by atoms with E-state index in [1.807, 2.05) is 6.92 Å². The highest BCUT2D eigenvalue weighted by Crippen LogP contribution is 2.07. The third-order valence-corrected chi connectivity index (χ3v) is 2.67. The van der Waals surface area contributed by atoms with Gasteiger partial charge < -0.3 is 4.57 Å². The Morgan fingerprint density at radius 3 is 2.67 bits per heavy atom. The fourth-order valence-electron chi connectivity index (χ4n) is 1.64. The van der Waals surface area contributed by atoms with E-state index in [-0.39, 0.29) is 18.0 Å². The Bertz CT molecular complexity index is 582. The van der Waals surface area contributed by atoms with Gasteiger partial charge in [-0.3, -0.25) is 14.3 Å². The van der Waals surface area contributed by atoms with E-state index < -0.39 is 0 Å². The Balaban J connectivity index is 2.08. The van der Waals surface area contributed by atoms with E-state index in [2.05, 4.69) is 10.1 Å². The van der Waals surface area contributed by atoms with Gasteiger partial charge in [0.05, 0.1) is 18.2 Å². The van der Waals surface area contributed by atoms with Crippen molar-refractivity contribution in [2.75, 3.05) is 0 Å². The van der Waals surface area contributed by atoms with Crippen LogP contribution in [0.3, 0.4) is 0 Å². The van der Waals surface area contributed by atoms with Crippen LogP contribution in [0.4, 0.5) is 0 Å². The Kier molecular flexibility index (Phi) is 3.36. The molecule has 0 bridgehead atoms. The summed E-state index contributed by atoms with van der Waals surface area (Å²) in [6, 6.07) is 0. The zero-order chi connectivity index (χ0) is 13.1. The smallest absolute Gasteiger partial charge is 0.205 e. The lowest BCUT2D eigenvalue weighted by atomic mass is 10.1. The van der Waals surface area contributed by atoms with E-state index in [1.165, 1.54) is 12.4 Å². The first-order valence-corrected chi connectivity index (χ1v) is 5.68. The first-order valence-electron chi connectivity index (χ1n) is 5.68. The molecule has 0 radical (unpaired) electrons. The molecule has 94 valence electrons. The molecule has 18 heavy (non-hydrogen) atoms. The van der Waals surface area contributed by atoms with Gasteiger partial charge in [-0.2, -0.15) is 5.10 Å². The lowest BCUT2D eigenvalue weighted by molar-refractivity contribution is 0.0886. The molecule has 0 N–H and O–H groups in total. The SMILES string of the molecule is CCn1cc(C(=O)CC(=O)c2nccn2C)cn1. The number of Topliss-reactive ketones (excluding diaryl/α,β-unsaturated/α-hetero) is 2. The molecule has 0 aliphatic rings. The minimum absolute atomic E-state index is 0.180. The lowest BCUT2D eigenvalue weighted by Crippen LogP contribution is -2.12. The zero-order valence-electron chi connectivity index (χ0n) is 10.3. The molecule has 0 spiro atoms. The van der Waals surface area contributed by atoms with Gasteiger partial charge in [0.25, 0.3) is 0 Å².